The van der Waals surface area contributed by atoms with Gasteiger partial charge in [-0.05, 0) is 29.8 Å². The molecule has 0 unspecified atom stereocenters. The third-order valence-corrected chi connectivity index (χ3v) is 4.25. The second-order valence-corrected chi connectivity index (χ2v) is 6.15. The van der Waals surface area contributed by atoms with E-state index in [0.29, 0.717) is 40.8 Å². The zero-order valence-electron chi connectivity index (χ0n) is 14.9. The van der Waals surface area contributed by atoms with Crippen molar-refractivity contribution >= 4 is 21.9 Å². The number of hydrogen-bond acceptors (Lipinski definition) is 4. The largest absolute Gasteiger partial charge is 0.481 e. The van der Waals surface area contributed by atoms with Gasteiger partial charge < -0.3 is 13.7 Å². The van der Waals surface area contributed by atoms with Gasteiger partial charge in [-0.15, -0.1) is 5.92 Å². The molecule has 0 N–H and O–H groups in total. The number of fused-ring (bicyclic) bond motifs is 2. The number of nitrogens with zero attached hydrogens (tertiary/aromatic N) is 2. The summed E-state index contributed by atoms with van der Waals surface area (Å²) >= 11 is 0. The van der Waals surface area contributed by atoms with Gasteiger partial charge in [0.2, 0.25) is 5.43 Å². The van der Waals surface area contributed by atoms with Crippen LogP contribution in [0.1, 0.15) is 18.9 Å². The molecule has 0 aliphatic heterocycles. The van der Waals surface area contributed by atoms with Gasteiger partial charge in [0, 0.05) is 31.4 Å². The molecule has 27 heavy (non-hydrogen) atoms. The van der Waals surface area contributed by atoms with E-state index in [4.69, 9.17) is 9.15 Å². The fourth-order valence-electron chi connectivity index (χ4n) is 2.95. The molecular weight excluding hydrogens is 340 g/mol. The van der Waals surface area contributed by atoms with Crippen molar-refractivity contribution in [2.75, 3.05) is 6.61 Å². The van der Waals surface area contributed by atoms with E-state index in [2.05, 4.69) is 16.8 Å². The van der Waals surface area contributed by atoms with Crippen molar-refractivity contribution in [3.63, 3.8) is 0 Å². The number of imidazole rings is 1. The Balaban J connectivity index is 1.72. The lowest BCUT2D eigenvalue weighted by atomic mass is 10.1. The standard InChI is InChI=1S/C22H18N2O3/c1-2-3-4-11-26-17-6-8-19-21(13-17)27-20-12-16(5-7-18(20)22(19)25)14-24-10-9-23-15-24/h5-10,12-13,15H,2,11,14H2,1H3. The van der Waals surface area contributed by atoms with Crippen LogP contribution in [0.4, 0.5) is 0 Å². The molecule has 5 nitrogen and oxygen atoms in total. The Hall–Kier alpha value is -3.52. The summed E-state index contributed by atoms with van der Waals surface area (Å²) in [6.07, 6.45) is 6.18. The number of aromatic nitrogens is 2. The molecule has 0 aliphatic rings. The number of benzene rings is 2. The van der Waals surface area contributed by atoms with Crippen molar-refractivity contribution in [1.29, 1.82) is 0 Å². The summed E-state index contributed by atoms with van der Waals surface area (Å²) < 4.78 is 13.6. The van der Waals surface area contributed by atoms with Crippen molar-refractivity contribution in [3.8, 4) is 17.6 Å². The van der Waals surface area contributed by atoms with E-state index in [1.165, 1.54) is 0 Å². The Bertz CT molecular complexity index is 1210. The third-order valence-electron chi connectivity index (χ3n) is 4.25. The highest BCUT2D eigenvalue weighted by atomic mass is 16.5. The Morgan fingerprint density at radius 1 is 1.11 bits per heavy atom. The van der Waals surface area contributed by atoms with Crippen LogP contribution in [0.5, 0.6) is 5.75 Å². The molecular formula is C22H18N2O3. The molecule has 0 fully saturated rings. The lowest BCUT2D eigenvalue weighted by molar-refractivity contribution is 0.370. The van der Waals surface area contributed by atoms with Crippen molar-refractivity contribution in [1.82, 2.24) is 9.55 Å². The molecule has 2 aromatic heterocycles. The third kappa shape index (κ3) is 3.56. The predicted octanol–water partition coefficient (Wildman–Crippen LogP) is 3.98. The Morgan fingerprint density at radius 2 is 1.93 bits per heavy atom. The fourth-order valence-corrected chi connectivity index (χ4v) is 2.95. The highest BCUT2D eigenvalue weighted by Crippen LogP contribution is 2.24. The van der Waals surface area contributed by atoms with Gasteiger partial charge in [-0.3, -0.25) is 4.79 Å². The summed E-state index contributed by atoms with van der Waals surface area (Å²) in [5.74, 6) is 6.52. The fraction of sp³-hybridized carbons (Fsp3) is 0.182. The predicted molar refractivity (Wildman–Crippen MR) is 105 cm³/mol. The van der Waals surface area contributed by atoms with Gasteiger partial charge in [0.15, 0.2) is 0 Å². The van der Waals surface area contributed by atoms with Crippen LogP contribution in [0.3, 0.4) is 0 Å². The molecule has 2 aromatic carbocycles. The first kappa shape index (κ1) is 16.9. The van der Waals surface area contributed by atoms with Gasteiger partial charge in [0.1, 0.15) is 23.5 Å². The van der Waals surface area contributed by atoms with Gasteiger partial charge in [-0.1, -0.05) is 18.9 Å². The van der Waals surface area contributed by atoms with Crippen LogP contribution in [0.25, 0.3) is 21.9 Å². The number of ether oxygens (including phenoxy) is 1. The highest BCUT2D eigenvalue weighted by Gasteiger charge is 2.10. The minimum Gasteiger partial charge on any atom is -0.481 e. The Morgan fingerprint density at radius 3 is 2.70 bits per heavy atom. The molecule has 4 rings (SSSR count). The molecule has 4 aromatic rings. The van der Waals surface area contributed by atoms with E-state index < -0.39 is 0 Å². The maximum Gasteiger partial charge on any atom is 0.200 e. The van der Waals surface area contributed by atoms with Crippen molar-refractivity contribution in [2.24, 2.45) is 0 Å². The van der Waals surface area contributed by atoms with E-state index in [1.807, 2.05) is 35.9 Å². The molecule has 0 aliphatic carbocycles. The summed E-state index contributed by atoms with van der Waals surface area (Å²) in [7, 11) is 0. The minimum atomic E-state index is -0.0437. The molecule has 5 heteroatoms. The first-order valence-electron chi connectivity index (χ1n) is 8.78. The first-order chi connectivity index (χ1) is 13.2. The van der Waals surface area contributed by atoms with Crippen LogP contribution in [0, 0.1) is 11.8 Å². The van der Waals surface area contributed by atoms with E-state index >= 15 is 0 Å². The normalized spacial score (nSPS) is 10.7. The first-order valence-corrected chi connectivity index (χ1v) is 8.78. The Labute approximate surface area is 156 Å². The van der Waals surface area contributed by atoms with Crippen molar-refractivity contribution in [2.45, 2.75) is 19.9 Å². The summed E-state index contributed by atoms with van der Waals surface area (Å²) in [6.45, 7) is 2.97. The average Bonchev–Trinajstić information content (AvgIpc) is 3.18. The molecule has 0 atom stereocenters. The zero-order chi connectivity index (χ0) is 18.6. The molecule has 0 saturated carbocycles. The van der Waals surface area contributed by atoms with Crippen molar-refractivity contribution < 1.29 is 9.15 Å². The zero-order valence-corrected chi connectivity index (χ0v) is 14.9. The Kier molecular flexibility index (Phi) is 4.63. The molecule has 2 heterocycles. The summed E-state index contributed by atoms with van der Waals surface area (Å²) in [5, 5.41) is 1.11. The lowest BCUT2D eigenvalue weighted by Gasteiger charge is -2.07. The molecule has 0 amide bonds. The minimum absolute atomic E-state index is 0.0437. The SMILES string of the molecule is CCC#CCOc1ccc2c(=O)c3ccc(Cn4ccnc4)cc3oc2c1. The topological polar surface area (TPSA) is 57.3 Å². The van der Waals surface area contributed by atoms with E-state index in [-0.39, 0.29) is 5.43 Å². The molecule has 0 spiro atoms. The average molecular weight is 358 g/mol. The smallest absolute Gasteiger partial charge is 0.200 e. The van der Waals surface area contributed by atoms with Crippen LogP contribution in [-0.4, -0.2) is 16.2 Å². The van der Waals surface area contributed by atoms with Crippen LogP contribution in [0.15, 0.2) is 64.3 Å². The van der Waals surface area contributed by atoms with Gasteiger partial charge in [-0.2, -0.15) is 0 Å². The summed E-state index contributed by atoms with van der Waals surface area (Å²) in [6, 6.07) is 10.9. The highest BCUT2D eigenvalue weighted by molar-refractivity contribution is 5.90. The van der Waals surface area contributed by atoms with Gasteiger partial charge in [0.05, 0.1) is 17.1 Å². The van der Waals surface area contributed by atoms with E-state index in [0.717, 1.165) is 12.0 Å². The van der Waals surface area contributed by atoms with Gasteiger partial charge in [0.25, 0.3) is 0 Å². The quantitative estimate of drug-likeness (QED) is 0.409. The van der Waals surface area contributed by atoms with Crippen LogP contribution < -0.4 is 10.2 Å². The number of rotatable bonds is 4. The van der Waals surface area contributed by atoms with E-state index in [9.17, 15) is 4.79 Å². The van der Waals surface area contributed by atoms with Crippen LogP contribution in [0.2, 0.25) is 0 Å². The molecule has 0 radical (unpaired) electrons. The van der Waals surface area contributed by atoms with Gasteiger partial charge >= 0.3 is 0 Å². The van der Waals surface area contributed by atoms with Gasteiger partial charge in [-0.25, -0.2) is 4.98 Å². The summed E-state index contributed by atoms with van der Waals surface area (Å²) in [5.41, 5.74) is 2.06. The number of hydrogen-bond donors (Lipinski definition) is 0. The molecule has 0 saturated heterocycles. The van der Waals surface area contributed by atoms with Crippen molar-refractivity contribution in [3.05, 3.63) is 70.9 Å². The van der Waals surface area contributed by atoms with Crippen LogP contribution >= 0.6 is 0 Å². The lowest BCUT2D eigenvalue weighted by Crippen LogP contribution is -2.04. The maximum absolute atomic E-state index is 12.8. The maximum atomic E-state index is 12.8. The second-order valence-electron chi connectivity index (χ2n) is 6.15. The monoisotopic (exact) mass is 358 g/mol. The molecule has 0 bridgehead atoms. The van der Waals surface area contributed by atoms with E-state index in [1.54, 1.807) is 30.7 Å². The second kappa shape index (κ2) is 7.38. The molecule has 134 valence electrons. The summed E-state index contributed by atoms with van der Waals surface area (Å²) in [4.78, 5) is 16.8. The van der Waals surface area contributed by atoms with Crippen LogP contribution in [-0.2, 0) is 6.54 Å².